The van der Waals surface area contributed by atoms with Crippen molar-refractivity contribution in [2.24, 2.45) is 0 Å². The smallest absolute Gasteiger partial charge is 0.288 e. The molecule has 0 saturated heterocycles. The molecule has 0 N–H and O–H groups in total. The van der Waals surface area contributed by atoms with Crippen molar-refractivity contribution in [3.63, 3.8) is 0 Å². The van der Waals surface area contributed by atoms with Crippen LogP contribution in [0.25, 0.3) is 11.1 Å². The van der Waals surface area contributed by atoms with Gasteiger partial charge in [0.25, 0.3) is 5.69 Å². The summed E-state index contributed by atoms with van der Waals surface area (Å²) in [5.41, 5.74) is 0.804. The van der Waals surface area contributed by atoms with Crippen LogP contribution in [0.3, 0.4) is 0 Å². The number of hydrogen-bond donors (Lipinski definition) is 0. The maximum atomic E-state index is 10.8. The van der Waals surface area contributed by atoms with Gasteiger partial charge in [0.2, 0.25) is 5.88 Å². The molecule has 0 aliphatic heterocycles. The number of aromatic nitrogens is 1. The Morgan fingerprint density at radius 1 is 1.26 bits per heavy atom. The first-order valence-electron chi connectivity index (χ1n) is 5.16. The Balaban J connectivity index is 2.68. The summed E-state index contributed by atoms with van der Waals surface area (Å²) in [7, 11) is 1.43. The van der Waals surface area contributed by atoms with Crippen molar-refractivity contribution >= 4 is 28.9 Å². The van der Waals surface area contributed by atoms with E-state index in [0.717, 1.165) is 6.20 Å². The lowest BCUT2D eigenvalue weighted by Crippen LogP contribution is -1.95. The van der Waals surface area contributed by atoms with Crippen molar-refractivity contribution in [1.29, 1.82) is 0 Å². The molecule has 0 unspecified atom stereocenters. The molecule has 5 nitrogen and oxygen atoms in total. The molecule has 1 aromatic carbocycles. The minimum absolute atomic E-state index is 0.146. The van der Waals surface area contributed by atoms with Crippen LogP contribution in [0.5, 0.6) is 5.88 Å². The zero-order chi connectivity index (χ0) is 14.0. The molecule has 2 aromatic rings. The lowest BCUT2D eigenvalue weighted by molar-refractivity contribution is -0.385. The SMILES string of the molecule is COc1ncc([N+](=O)[O-])cc1-c1cc(Cl)ccc1Cl. The van der Waals surface area contributed by atoms with E-state index in [1.54, 1.807) is 18.2 Å². The summed E-state index contributed by atoms with van der Waals surface area (Å²) in [5, 5.41) is 11.7. The fourth-order valence-electron chi connectivity index (χ4n) is 1.60. The second-order valence-corrected chi connectivity index (χ2v) is 4.48. The predicted octanol–water partition coefficient (Wildman–Crippen LogP) is 3.97. The molecule has 0 aliphatic carbocycles. The summed E-state index contributed by atoms with van der Waals surface area (Å²) < 4.78 is 5.09. The van der Waals surface area contributed by atoms with E-state index in [1.807, 2.05) is 0 Å². The zero-order valence-corrected chi connectivity index (χ0v) is 11.3. The Labute approximate surface area is 118 Å². The average molecular weight is 299 g/mol. The normalized spacial score (nSPS) is 10.3. The largest absolute Gasteiger partial charge is 0.481 e. The van der Waals surface area contributed by atoms with Gasteiger partial charge >= 0.3 is 0 Å². The van der Waals surface area contributed by atoms with E-state index in [0.29, 0.717) is 21.2 Å². The van der Waals surface area contributed by atoms with Crippen molar-refractivity contribution in [2.45, 2.75) is 0 Å². The number of nitro groups is 1. The van der Waals surface area contributed by atoms with Crippen molar-refractivity contribution in [2.75, 3.05) is 7.11 Å². The van der Waals surface area contributed by atoms with Gasteiger partial charge in [0, 0.05) is 21.7 Å². The third-order valence-electron chi connectivity index (χ3n) is 2.46. The number of hydrogen-bond acceptors (Lipinski definition) is 4. The summed E-state index contributed by atoms with van der Waals surface area (Å²) in [4.78, 5) is 14.2. The first-order valence-corrected chi connectivity index (χ1v) is 5.92. The Morgan fingerprint density at radius 2 is 2.00 bits per heavy atom. The maximum Gasteiger partial charge on any atom is 0.288 e. The van der Waals surface area contributed by atoms with E-state index in [2.05, 4.69) is 4.98 Å². The highest BCUT2D eigenvalue weighted by Crippen LogP contribution is 2.36. The summed E-state index contributed by atoms with van der Waals surface area (Å²) in [6.07, 6.45) is 1.13. The van der Waals surface area contributed by atoms with Crippen molar-refractivity contribution < 1.29 is 9.66 Å². The number of rotatable bonds is 3. The monoisotopic (exact) mass is 298 g/mol. The molecule has 19 heavy (non-hydrogen) atoms. The van der Waals surface area contributed by atoms with Gasteiger partial charge in [-0.25, -0.2) is 4.98 Å². The third kappa shape index (κ3) is 2.77. The molecule has 1 aromatic heterocycles. The summed E-state index contributed by atoms with van der Waals surface area (Å²) in [5.74, 6) is 0.245. The lowest BCUT2D eigenvalue weighted by Gasteiger charge is -2.09. The van der Waals surface area contributed by atoms with Crippen LogP contribution in [0.4, 0.5) is 5.69 Å². The van der Waals surface area contributed by atoms with Gasteiger partial charge in [-0.1, -0.05) is 23.2 Å². The Kier molecular flexibility index (Phi) is 3.87. The number of benzene rings is 1. The lowest BCUT2D eigenvalue weighted by atomic mass is 10.1. The fourth-order valence-corrected chi connectivity index (χ4v) is 1.99. The van der Waals surface area contributed by atoms with Gasteiger partial charge < -0.3 is 4.74 Å². The molecular formula is C12H8Cl2N2O3. The second-order valence-electron chi connectivity index (χ2n) is 3.63. The zero-order valence-electron chi connectivity index (χ0n) is 9.76. The molecule has 0 radical (unpaired) electrons. The highest BCUT2D eigenvalue weighted by atomic mass is 35.5. The standard InChI is InChI=1S/C12H8Cl2N2O3/c1-19-12-10(5-8(6-15-12)16(17)18)9-4-7(13)2-3-11(9)14/h2-6H,1H3. The quantitative estimate of drug-likeness (QED) is 0.635. The number of pyridine rings is 1. The molecule has 0 atom stereocenters. The van der Waals surface area contributed by atoms with Crippen molar-refractivity contribution in [3.05, 3.63) is 50.6 Å². The maximum absolute atomic E-state index is 10.8. The van der Waals surface area contributed by atoms with Gasteiger partial charge in [-0.2, -0.15) is 0 Å². The van der Waals surface area contributed by atoms with E-state index < -0.39 is 4.92 Å². The molecule has 0 bridgehead atoms. The van der Waals surface area contributed by atoms with E-state index in [9.17, 15) is 10.1 Å². The van der Waals surface area contributed by atoms with Crippen molar-refractivity contribution in [1.82, 2.24) is 4.98 Å². The first kappa shape index (κ1) is 13.6. The van der Waals surface area contributed by atoms with E-state index in [-0.39, 0.29) is 11.6 Å². The van der Waals surface area contributed by atoms with E-state index >= 15 is 0 Å². The fraction of sp³-hybridized carbons (Fsp3) is 0.0833. The Morgan fingerprint density at radius 3 is 2.63 bits per heavy atom. The van der Waals surface area contributed by atoms with Gasteiger partial charge in [-0.05, 0) is 18.2 Å². The average Bonchev–Trinajstić information content (AvgIpc) is 2.40. The Bertz CT molecular complexity index is 647. The molecule has 0 spiro atoms. The topological polar surface area (TPSA) is 65.3 Å². The molecule has 0 saturated carbocycles. The van der Waals surface area contributed by atoms with Gasteiger partial charge in [0.15, 0.2) is 0 Å². The Hall–Kier alpha value is -1.85. The molecule has 1 heterocycles. The van der Waals surface area contributed by atoms with Gasteiger partial charge in [0.1, 0.15) is 6.20 Å². The molecule has 0 fully saturated rings. The van der Waals surface area contributed by atoms with Crippen LogP contribution < -0.4 is 4.74 Å². The van der Waals surface area contributed by atoms with Gasteiger partial charge in [0.05, 0.1) is 17.6 Å². The van der Waals surface area contributed by atoms with Crippen LogP contribution in [-0.2, 0) is 0 Å². The highest BCUT2D eigenvalue weighted by Gasteiger charge is 2.16. The van der Waals surface area contributed by atoms with Crippen LogP contribution in [0.15, 0.2) is 30.5 Å². The van der Waals surface area contributed by atoms with Crippen molar-refractivity contribution in [3.8, 4) is 17.0 Å². The van der Waals surface area contributed by atoms with Crippen LogP contribution in [0.2, 0.25) is 10.0 Å². The van der Waals surface area contributed by atoms with Crippen LogP contribution >= 0.6 is 23.2 Å². The number of nitrogens with zero attached hydrogens (tertiary/aromatic N) is 2. The first-order chi connectivity index (χ1) is 9.02. The molecule has 98 valence electrons. The molecule has 2 rings (SSSR count). The predicted molar refractivity (Wildman–Crippen MR) is 72.9 cm³/mol. The molecule has 7 heteroatoms. The summed E-state index contributed by atoms with van der Waals surface area (Å²) in [6.45, 7) is 0. The number of halogens is 2. The molecular weight excluding hydrogens is 291 g/mol. The minimum Gasteiger partial charge on any atom is -0.481 e. The van der Waals surface area contributed by atoms with Gasteiger partial charge in [-0.3, -0.25) is 10.1 Å². The third-order valence-corrected chi connectivity index (χ3v) is 3.02. The number of ether oxygens (including phenoxy) is 1. The van der Waals surface area contributed by atoms with Gasteiger partial charge in [-0.15, -0.1) is 0 Å². The molecule has 0 amide bonds. The summed E-state index contributed by atoms with van der Waals surface area (Å²) >= 11 is 12.0. The molecule has 0 aliphatic rings. The van der Waals surface area contributed by atoms with Crippen LogP contribution in [0.1, 0.15) is 0 Å². The second kappa shape index (κ2) is 5.42. The van der Waals surface area contributed by atoms with Crippen LogP contribution in [-0.4, -0.2) is 17.0 Å². The van der Waals surface area contributed by atoms with E-state index in [4.69, 9.17) is 27.9 Å². The number of methoxy groups -OCH3 is 1. The van der Waals surface area contributed by atoms with Crippen LogP contribution in [0, 0.1) is 10.1 Å². The van der Waals surface area contributed by atoms with E-state index in [1.165, 1.54) is 13.2 Å². The highest BCUT2D eigenvalue weighted by molar-refractivity contribution is 6.35. The summed E-state index contributed by atoms with van der Waals surface area (Å²) in [6, 6.07) is 6.19. The minimum atomic E-state index is -0.533.